The molecule has 0 saturated carbocycles. The predicted octanol–water partition coefficient (Wildman–Crippen LogP) is 2.21. The second-order valence-electron chi connectivity index (χ2n) is 8.60. The van der Waals surface area contributed by atoms with Crippen LogP contribution in [0.2, 0.25) is 0 Å². The molecule has 1 aliphatic heterocycles. The molecule has 0 bridgehead atoms. The molecule has 1 aromatic carbocycles. The van der Waals surface area contributed by atoms with Gasteiger partial charge in [0.25, 0.3) is 5.91 Å². The van der Waals surface area contributed by atoms with Gasteiger partial charge in [0.2, 0.25) is 0 Å². The van der Waals surface area contributed by atoms with Crippen molar-refractivity contribution in [3.05, 3.63) is 60.2 Å². The lowest BCUT2D eigenvalue weighted by atomic mass is 10.1. The Morgan fingerprint density at radius 1 is 1.28 bits per heavy atom. The minimum absolute atomic E-state index is 0.224. The molecular formula is C25H27N7O4. The number of pyridine rings is 1. The zero-order valence-electron chi connectivity index (χ0n) is 20.2. The van der Waals surface area contributed by atoms with Gasteiger partial charge in [-0.2, -0.15) is 0 Å². The number of nitrogens with one attached hydrogen (secondary N) is 2. The van der Waals surface area contributed by atoms with Gasteiger partial charge in [-0.1, -0.05) is 12.1 Å². The summed E-state index contributed by atoms with van der Waals surface area (Å²) in [4.78, 5) is 30.5. The van der Waals surface area contributed by atoms with Crippen LogP contribution in [0.25, 0.3) is 22.6 Å². The van der Waals surface area contributed by atoms with E-state index in [-0.39, 0.29) is 12.3 Å². The van der Waals surface area contributed by atoms with Gasteiger partial charge in [-0.25, -0.2) is 15.0 Å². The molecule has 0 aliphatic carbocycles. The molecule has 1 aliphatic rings. The number of fused-ring (bicyclic) bond motifs is 1. The third-order valence-corrected chi connectivity index (χ3v) is 6.06. The number of carbonyl (C=O) groups excluding carboxylic acids is 1. The summed E-state index contributed by atoms with van der Waals surface area (Å²) >= 11 is 0. The van der Waals surface area contributed by atoms with Crippen molar-refractivity contribution in [3.8, 4) is 17.1 Å². The van der Waals surface area contributed by atoms with Crippen LogP contribution in [0.4, 0.5) is 5.82 Å². The van der Waals surface area contributed by atoms with E-state index in [4.69, 9.17) is 19.4 Å². The SMILES string of the molecule is CNC(=O)[C@H]1O[C@@H](n2cnc3c(NCc4cccc(OC)c4)nc(-c4cncc(C)c4)nc32)C[C@@H]1O. The lowest BCUT2D eigenvalue weighted by Crippen LogP contribution is -2.38. The molecule has 1 amide bonds. The Balaban J connectivity index is 1.54. The number of carbonyl (C=O) groups is 1. The zero-order valence-corrected chi connectivity index (χ0v) is 20.2. The summed E-state index contributed by atoms with van der Waals surface area (Å²) in [7, 11) is 3.14. The first kappa shape index (κ1) is 23.6. The van der Waals surface area contributed by atoms with Gasteiger partial charge < -0.3 is 25.2 Å². The number of anilines is 1. The molecule has 4 aromatic rings. The van der Waals surface area contributed by atoms with E-state index < -0.39 is 18.4 Å². The third-order valence-electron chi connectivity index (χ3n) is 6.06. The van der Waals surface area contributed by atoms with E-state index in [1.165, 1.54) is 7.05 Å². The van der Waals surface area contributed by atoms with Crippen LogP contribution in [0, 0.1) is 6.92 Å². The summed E-state index contributed by atoms with van der Waals surface area (Å²) in [6, 6.07) is 9.71. The van der Waals surface area contributed by atoms with Gasteiger partial charge in [0, 0.05) is 38.0 Å². The third kappa shape index (κ3) is 4.58. The number of hydrogen-bond donors (Lipinski definition) is 3. The molecule has 186 valence electrons. The number of benzene rings is 1. The summed E-state index contributed by atoms with van der Waals surface area (Å²) in [5.74, 6) is 1.39. The van der Waals surface area contributed by atoms with E-state index in [1.54, 1.807) is 30.4 Å². The van der Waals surface area contributed by atoms with Crippen molar-refractivity contribution in [2.45, 2.75) is 38.3 Å². The minimum Gasteiger partial charge on any atom is -0.497 e. The van der Waals surface area contributed by atoms with Crippen molar-refractivity contribution in [2.24, 2.45) is 0 Å². The number of aromatic nitrogens is 5. The highest BCUT2D eigenvalue weighted by Crippen LogP contribution is 2.33. The molecule has 3 aromatic heterocycles. The van der Waals surface area contributed by atoms with Gasteiger partial charge in [-0.15, -0.1) is 0 Å². The van der Waals surface area contributed by atoms with Crippen molar-refractivity contribution < 1.29 is 19.4 Å². The van der Waals surface area contributed by atoms with Gasteiger partial charge in [-0.3, -0.25) is 14.3 Å². The zero-order chi connectivity index (χ0) is 25.2. The minimum atomic E-state index is -0.967. The van der Waals surface area contributed by atoms with E-state index in [0.717, 1.165) is 22.4 Å². The number of amides is 1. The highest BCUT2D eigenvalue weighted by atomic mass is 16.5. The molecule has 1 fully saturated rings. The van der Waals surface area contributed by atoms with Crippen LogP contribution < -0.4 is 15.4 Å². The molecule has 0 radical (unpaired) electrons. The Morgan fingerprint density at radius 2 is 2.14 bits per heavy atom. The lowest BCUT2D eigenvalue weighted by molar-refractivity contribution is -0.137. The summed E-state index contributed by atoms with van der Waals surface area (Å²) in [6.45, 7) is 2.44. The second-order valence-corrected chi connectivity index (χ2v) is 8.60. The van der Waals surface area contributed by atoms with E-state index >= 15 is 0 Å². The van der Waals surface area contributed by atoms with Gasteiger partial charge >= 0.3 is 0 Å². The molecule has 36 heavy (non-hydrogen) atoms. The number of aliphatic hydroxyl groups is 1. The first-order valence-corrected chi connectivity index (χ1v) is 11.6. The maximum absolute atomic E-state index is 12.1. The van der Waals surface area contributed by atoms with Crippen LogP contribution in [0.1, 0.15) is 23.8 Å². The number of nitrogens with zero attached hydrogens (tertiary/aromatic N) is 5. The second kappa shape index (κ2) is 9.88. The summed E-state index contributed by atoms with van der Waals surface area (Å²) in [5.41, 5.74) is 3.80. The van der Waals surface area contributed by atoms with Crippen molar-refractivity contribution in [1.29, 1.82) is 0 Å². The maximum Gasteiger partial charge on any atom is 0.251 e. The Hall–Kier alpha value is -4.09. The Bertz CT molecular complexity index is 1410. The molecule has 3 atom stereocenters. The van der Waals surface area contributed by atoms with E-state index in [0.29, 0.717) is 29.4 Å². The predicted molar refractivity (Wildman–Crippen MR) is 132 cm³/mol. The van der Waals surface area contributed by atoms with Crippen LogP contribution in [-0.2, 0) is 16.1 Å². The summed E-state index contributed by atoms with van der Waals surface area (Å²) in [5, 5.41) is 16.3. The number of rotatable bonds is 7. The van der Waals surface area contributed by atoms with Crippen molar-refractivity contribution in [3.63, 3.8) is 0 Å². The fraction of sp³-hybridized carbons (Fsp3) is 0.320. The fourth-order valence-electron chi connectivity index (χ4n) is 4.23. The fourth-order valence-corrected chi connectivity index (χ4v) is 4.23. The number of imidazole rings is 1. The van der Waals surface area contributed by atoms with Crippen LogP contribution in [0.15, 0.2) is 49.1 Å². The van der Waals surface area contributed by atoms with Crippen molar-refractivity contribution in [2.75, 3.05) is 19.5 Å². The molecule has 4 heterocycles. The smallest absolute Gasteiger partial charge is 0.251 e. The molecule has 11 nitrogen and oxygen atoms in total. The number of hydrogen-bond acceptors (Lipinski definition) is 9. The van der Waals surface area contributed by atoms with Crippen molar-refractivity contribution >= 4 is 22.9 Å². The Kier molecular flexibility index (Phi) is 6.49. The topological polar surface area (TPSA) is 136 Å². The highest BCUT2D eigenvalue weighted by Gasteiger charge is 2.40. The Labute approximate surface area is 207 Å². The van der Waals surface area contributed by atoms with E-state index in [9.17, 15) is 9.90 Å². The van der Waals surface area contributed by atoms with Gasteiger partial charge in [0.15, 0.2) is 28.9 Å². The van der Waals surface area contributed by atoms with E-state index in [2.05, 4.69) is 20.6 Å². The number of aryl methyl sites for hydroxylation is 1. The molecule has 5 rings (SSSR count). The average molecular weight is 490 g/mol. The van der Waals surface area contributed by atoms with E-state index in [1.807, 2.05) is 37.3 Å². The van der Waals surface area contributed by atoms with Crippen LogP contribution in [-0.4, -0.2) is 61.9 Å². The largest absolute Gasteiger partial charge is 0.497 e. The van der Waals surface area contributed by atoms with Crippen LogP contribution in [0.3, 0.4) is 0 Å². The lowest BCUT2D eigenvalue weighted by Gasteiger charge is -2.15. The molecule has 1 saturated heterocycles. The van der Waals surface area contributed by atoms with Crippen molar-refractivity contribution in [1.82, 2.24) is 29.8 Å². The molecule has 11 heteroatoms. The van der Waals surface area contributed by atoms with Crippen LogP contribution in [0.5, 0.6) is 5.75 Å². The van der Waals surface area contributed by atoms with Gasteiger partial charge in [0.05, 0.1) is 19.5 Å². The summed E-state index contributed by atoms with van der Waals surface area (Å²) < 4.78 is 12.9. The molecule has 0 spiro atoms. The molecule has 0 unspecified atom stereocenters. The number of likely N-dealkylation sites (N-methyl/N-ethyl adjacent to an activating group) is 1. The normalized spacial score (nSPS) is 19.4. The monoisotopic (exact) mass is 489 g/mol. The number of methoxy groups -OCH3 is 1. The first-order chi connectivity index (χ1) is 17.5. The first-order valence-electron chi connectivity index (χ1n) is 11.6. The number of ether oxygens (including phenoxy) is 2. The molecule has 3 N–H and O–H groups in total. The van der Waals surface area contributed by atoms with Gasteiger partial charge in [0.1, 0.15) is 12.0 Å². The average Bonchev–Trinajstić information content (AvgIpc) is 3.50. The highest BCUT2D eigenvalue weighted by molar-refractivity contribution is 5.85. The molecular weight excluding hydrogens is 462 g/mol. The van der Waals surface area contributed by atoms with Gasteiger partial charge in [-0.05, 0) is 36.2 Å². The quantitative estimate of drug-likeness (QED) is 0.357. The standard InChI is InChI=1S/C25H27N7O4/c1-14-7-16(12-27-10-14)22-30-23(28-11-15-5-4-6-17(8-15)35-3)20-24(31-22)32(13-29-20)19-9-18(33)21(36-19)25(34)26-2/h4-8,10,12-13,18-19,21,33H,9,11H2,1-3H3,(H,26,34)(H,28,30,31)/t18-,19+,21-/m0/s1. The van der Waals surface area contributed by atoms with Crippen LogP contribution >= 0.6 is 0 Å². The maximum atomic E-state index is 12.1. The summed E-state index contributed by atoms with van der Waals surface area (Å²) in [6.07, 6.45) is 2.76. The Morgan fingerprint density at radius 3 is 2.92 bits per heavy atom. The number of aliphatic hydroxyl groups excluding tert-OH is 1.